The molecule has 0 radical (unpaired) electrons. The van der Waals surface area contributed by atoms with Gasteiger partial charge in [-0.05, 0) is 18.3 Å². The largest absolute Gasteiger partial charge is 0.374 e. The first kappa shape index (κ1) is 16.2. The fourth-order valence-corrected chi connectivity index (χ4v) is 5.36. The van der Waals surface area contributed by atoms with E-state index in [0.717, 1.165) is 23.8 Å². The second kappa shape index (κ2) is 5.90. The number of nitro groups is 1. The Bertz CT molecular complexity index is 641. The van der Waals surface area contributed by atoms with Crippen LogP contribution in [0.25, 0.3) is 0 Å². The van der Waals surface area contributed by atoms with E-state index in [4.69, 9.17) is 0 Å². The fourth-order valence-electron chi connectivity index (χ4n) is 2.37. The highest BCUT2D eigenvalue weighted by Gasteiger charge is 2.34. The van der Waals surface area contributed by atoms with Crippen molar-refractivity contribution in [3.63, 3.8) is 0 Å². The standard InChI is InChI=1S/C12H19N3O4S2/c1-8-4-5-14(7-9(8)2)21(18,19)11-6-10(15(16)17)12(13-3)20-11/h6,8-9,13H,4-5,7H2,1-3H3. The molecule has 2 rings (SSSR count). The maximum absolute atomic E-state index is 12.6. The van der Waals surface area contributed by atoms with Crippen LogP contribution in [0.1, 0.15) is 20.3 Å². The summed E-state index contributed by atoms with van der Waals surface area (Å²) >= 11 is 0.908. The lowest BCUT2D eigenvalue weighted by Gasteiger charge is -2.33. The van der Waals surface area contributed by atoms with Gasteiger partial charge in [-0.25, -0.2) is 8.42 Å². The summed E-state index contributed by atoms with van der Waals surface area (Å²) in [7, 11) is -2.11. The zero-order chi connectivity index (χ0) is 15.8. The minimum absolute atomic E-state index is 0.0281. The summed E-state index contributed by atoms with van der Waals surface area (Å²) < 4.78 is 26.7. The molecular weight excluding hydrogens is 314 g/mol. The third-order valence-corrected chi connectivity index (χ3v) is 7.46. The Morgan fingerprint density at radius 3 is 2.57 bits per heavy atom. The first-order valence-corrected chi connectivity index (χ1v) is 8.99. The minimum Gasteiger partial charge on any atom is -0.374 e. The highest BCUT2D eigenvalue weighted by atomic mass is 32.2. The molecule has 1 fully saturated rings. The van der Waals surface area contributed by atoms with E-state index in [0.29, 0.717) is 19.0 Å². The van der Waals surface area contributed by atoms with Gasteiger partial charge < -0.3 is 5.32 Å². The second-order valence-electron chi connectivity index (χ2n) is 5.39. The molecule has 1 aromatic heterocycles. The van der Waals surface area contributed by atoms with Gasteiger partial charge in [0.15, 0.2) is 5.00 Å². The van der Waals surface area contributed by atoms with Crippen LogP contribution in [0.3, 0.4) is 0 Å². The summed E-state index contributed by atoms with van der Waals surface area (Å²) in [4.78, 5) is 10.4. The molecule has 2 atom stereocenters. The number of sulfonamides is 1. The number of hydrogen-bond donors (Lipinski definition) is 1. The average Bonchev–Trinajstić information content (AvgIpc) is 2.86. The monoisotopic (exact) mass is 333 g/mol. The molecule has 1 aliphatic heterocycles. The lowest BCUT2D eigenvalue weighted by atomic mass is 9.90. The lowest BCUT2D eigenvalue weighted by Crippen LogP contribution is -2.41. The third kappa shape index (κ3) is 3.04. The van der Waals surface area contributed by atoms with Crippen molar-refractivity contribution in [3.05, 3.63) is 16.2 Å². The maximum Gasteiger partial charge on any atom is 0.304 e. The summed E-state index contributed by atoms with van der Waals surface area (Å²) in [5, 5.41) is 13.9. The van der Waals surface area contributed by atoms with Gasteiger partial charge in [0.2, 0.25) is 0 Å². The molecule has 1 saturated heterocycles. The van der Waals surface area contributed by atoms with Crippen molar-refractivity contribution in [1.82, 2.24) is 4.31 Å². The average molecular weight is 333 g/mol. The summed E-state index contributed by atoms with van der Waals surface area (Å²) in [6, 6.07) is 1.15. The van der Waals surface area contributed by atoms with E-state index in [1.807, 2.05) is 6.92 Å². The zero-order valence-electron chi connectivity index (χ0n) is 12.2. The minimum atomic E-state index is -3.66. The molecule has 7 nitrogen and oxygen atoms in total. The summed E-state index contributed by atoms with van der Waals surface area (Å²) in [6.45, 7) is 5.07. The molecule has 9 heteroatoms. The number of thiophene rings is 1. The van der Waals surface area contributed by atoms with Crippen LogP contribution in [0, 0.1) is 22.0 Å². The number of anilines is 1. The molecule has 0 saturated carbocycles. The highest BCUT2D eigenvalue weighted by molar-refractivity contribution is 7.91. The molecule has 0 aliphatic carbocycles. The molecular formula is C12H19N3O4S2. The van der Waals surface area contributed by atoms with Crippen molar-refractivity contribution in [3.8, 4) is 0 Å². The van der Waals surface area contributed by atoms with E-state index in [1.54, 1.807) is 7.05 Å². The number of piperidine rings is 1. The van der Waals surface area contributed by atoms with Crippen LogP contribution in [0.4, 0.5) is 10.7 Å². The van der Waals surface area contributed by atoms with Crippen LogP contribution in [0.5, 0.6) is 0 Å². The molecule has 21 heavy (non-hydrogen) atoms. The smallest absolute Gasteiger partial charge is 0.304 e. The molecule has 0 amide bonds. The Hall–Kier alpha value is -1.19. The topological polar surface area (TPSA) is 92.6 Å². The van der Waals surface area contributed by atoms with Crippen molar-refractivity contribution in [1.29, 1.82) is 0 Å². The normalized spacial score (nSPS) is 24.0. The third-order valence-electron chi connectivity index (χ3n) is 4.00. The van der Waals surface area contributed by atoms with Crippen molar-refractivity contribution in [2.75, 3.05) is 25.5 Å². The Kier molecular flexibility index (Phi) is 4.54. The van der Waals surface area contributed by atoms with Crippen LogP contribution in [0.2, 0.25) is 0 Å². The Morgan fingerprint density at radius 2 is 2.10 bits per heavy atom. The predicted octanol–water partition coefficient (Wildman–Crippen LogP) is 2.36. The summed E-state index contributed by atoms with van der Waals surface area (Å²) in [5.41, 5.74) is -0.195. The van der Waals surface area contributed by atoms with Crippen LogP contribution < -0.4 is 5.32 Å². The summed E-state index contributed by atoms with van der Waals surface area (Å²) in [6.07, 6.45) is 0.812. The van der Waals surface area contributed by atoms with Gasteiger partial charge in [-0.3, -0.25) is 10.1 Å². The molecule has 1 aromatic rings. The van der Waals surface area contributed by atoms with Gasteiger partial charge >= 0.3 is 5.69 Å². The SMILES string of the molecule is CNc1sc(S(=O)(=O)N2CCC(C)C(C)C2)cc1[N+](=O)[O-]. The molecule has 1 N–H and O–H groups in total. The molecule has 2 heterocycles. The highest BCUT2D eigenvalue weighted by Crippen LogP contribution is 2.39. The quantitative estimate of drug-likeness (QED) is 0.674. The molecule has 0 spiro atoms. The van der Waals surface area contributed by atoms with E-state index in [1.165, 1.54) is 4.31 Å². The van der Waals surface area contributed by atoms with E-state index in [-0.39, 0.29) is 20.8 Å². The Labute approximate surface area is 128 Å². The first-order valence-electron chi connectivity index (χ1n) is 6.73. The second-order valence-corrected chi connectivity index (χ2v) is 8.61. The molecule has 0 bridgehead atoms. The first-order chi connectivity index (χ1) is 9.77. The van der Waals surface area contributed by atoms with Gasteiger partial charge in [0.25, 0.3) is 10.0 Å². The number of nitrogens with one attached hydrogen (secondary N) is 1. The molecule has 0 aromatic carbocycles. The van der Waals surface area contributed by atoms with Crippen molar-refractivity contribution < 1.29 is 13.3 Å². The zero-order valence-corrected chi connectivity index (χ0v) is 13.8. The van der Waals surface area contributed by atoms with Gasteiger partial charge in [0.1, 0.15) is 4.21 Å². The number of hydrogen-bond acceptors (Lipinski definition) is 6. The van der Waals surface area contributed by atoms with Crippen molar-refractivity contribution >= 4 is 32.0 Å². The Balaban J connectivity index is 2.34. The van der Waals surface area contributed by atoms with Crippen molar-refractivity contribution in [2.45, 2.75) is 24.5 Å². The fraction of sp³-hybridized carbons (Fsp3) is 0.667. The maximum atomic E-state index is 12.6. The van der Waals surface area contributed by atoms with Crippen LogP contribution >= 0.6 is 11.3 Å². The Morgan fingerprint density at radius 1 is 1.43 bits per heavy atom. The number of nitrogens with zero attached hydrogens (tertiary/aromatic N) is 2. The van der Waals surface area contributed by atoms with E-state index < -0.39 is 14.9 Å². The number of rotatable bonds is 4. The predicted molar refractivity (Wildman–Crippen MR) is 82.2 cm³/mol. The van der Waals surface area contributed by atoms with Gasteiger partial charge in [0, 0.05) is 26.2 Å². The summed E-state index contributed by atoms with van der Waals surface area (Å²) in [5.74, 6) is 0.772. The van der Waals surface area contributed by atoms with E-state index in [2.05, 4.69) is 12.2 Å². The van der Waals surface area contributed by atoms with E-state index in [9.17, 15) is 18.5 Å². The van der Waals surface area contributed by atoms with Crippen LogP contribution in [-0.2, 0) is 10.0 Å². The molecule has 118 valence electrons. The van der Waals surface area contributed by atoms with Gasteiger partial charge in [-0.2, -0.15) is 4.31 Å². The van der Waals surface area contributed by atoms with Crippen LogP contribution in [-0.4, -0.2) is 37.8 Å². The molecule has 2 unspecified atom stereocenters. The van der Waals surface area contributed by atoms with Gasteiger partial charge in [-0.15, -0.1) is 0 Å². The van der Waals surface area contributed by atoms with Crippen LogP contribution in [0.15, 0.2) is 10.3 Å². The van der Waals surface area contributed by atoms with E-state index >= 15 is 0 Å². The van der Waals surface area contributed by atoms with Crippen molar-refractivity contribution in [2.24, 2.45) is 11.8 Å². The van der Waals surface area contributed by atoms with Gasteiger partial charge in [0.05, 0.1) is 4.92 Å². The molecule has 1 aliphatic rings. The van der Waals surface area contributed by atoms with Gasteiger partial charge in [-0.1, -0.05) is 25.2 Å². The lowest BCUT2D eigenvalue weighted by molar-refractivity contribution is -0.383.